The summed E-state index contributed by atoms with van der Waals surface area (Å²) < 4.78 is 13.3. The minimum Gasteiger partial charge on any atom is -0.373 e. The Balaban J connectivity index is 2.79. The molecule has 0 aliphatic heterocycles. The van der Waals surface area contributed by atoms with Crippen LogP contribution in [0.3, 0.4) is 0 Å². The van der Waals surface area contributed by atoms with Crippen LogP contribution in [0.25, 0.3) is 0 Å². The average molecular weight is 221 g/mol. The van der Waals surface area contributed by atoms with Gasteiger partial charge in [0.2, 0.25) is 0 Å². The fourth-order valence-electron chi connectivity index (χ4n) is 1.55. The summed E-state index contributed by atoms with van der Waals surface area (Å²) in [5.74, 6) is -0.458. The van der Waals surface area contributed by atoms with Gasteiger partial charge >= 0.3 is 0 Å². The number of rotatable bonds is 5. The Kier molecular flexibility index (Phi) is 4.74. The molecule has 0 spiro atoms. The van der Waals surface area contributed by atoms with Gasteiger partial charge in [0.05, 0.1) is 5.69 Å². The van der Waals surface area contributed by atoms with Gasteiger partial charge in [-0.2, -0.15) is 5.26 Å². The SMILES string of the molecule is CNCCCN(C)c1cccc(F)c1C#N. The van der Waals surface area contributed by atoms with Crippen LogP contribution in [0.4, 0.5) is 10.1 Å². The maximum absolute atomic E-state index is 13.3. The zero-order valence-corrected chi connectivity index (χ0v) is 9.63. The van der Waals surface area contributed by atoms with E-state index in [1.807, 2.05) is 25.1 Å². The van der Waals surface area contributed by atoms with Gasteiger partial charge in [-0.25, -0.2) is 4.39 Å². The molecule has 0 bridgehead atoms. The van der Waals surface area contributed by atoms with Crippen LogP contribution in [0.2, 0.25) is 0 Å². The molecule has 3 nitrogen and oxygen atoms in total. The van der Waals surface area contributed by atoms with E-state index in [0.29, 0.717) is 5.69 Å². The summed E-state index contributed by atoms with van der Waals surface area (Å²) in [6.07, 6.45) is 0.953. The first kappa shape index (κ1) is 12.5. The van der Waals surface area contributed by atoms with Crippen LogP contribution < -0.4 is 10.2 Å². The summed E-state index contributed by atoms with van der Waals surface area (Å²) in [5.41, 5.74) is 0.771. The molecule has 0 fully saturated rings. The molecule has 0 radical (unpaired) electrons. The molecular formula is C12H16FN3. The topological polar surface area (TPSA) is 39.1 Å². The molecule has 0 aliphatic carbocycles. The molecule has 0 saturated carbocycles. The number of nitrogens with zero attached hydrogens (tertiary/aromatic N) is 2. The molecule has 86 valence electrons. The number of nitrogens with one attached hydrogen (secondary N) is 1. The van der Waals surface area contributed by atoms with Gasteiger partial charge in [0.15, 0.2) is 0 Å². The molecule has 1 N–H and O–H groups in total. The molecule has 1 aromatic rings. The molecule has 0 aromatic heterocycles. The first-order valence-corrected chi connectivity index (χ1v) is 5.25. The Morgan fingerprint density at radius 2 is 2.25 bits per heavy atom. The number of nitriles is 1. The number of hydrogen-bond donors (Lipinski definition) is 1. The molecule has 0 atom stereocenters. The van der Waals surface area contributed by atoms with Crippen molar-refractivity contribution in [3.63, 3.8) is 0 Å². The predicted molar refractivity (Wildman–Crippen MR) is 62.9 cm³/mol. The van der Waals surface area contributed by atoms with Gasteiger partial charge in [-0.05, 0) is 32.1 Å². The fraction of sp³-hybridized carbons (Fsp3) is 0.417. The van der Waals surface area contributed by atoms with Crippen LogP contribution in [0, 0.1) is 17.1 Å². The Morgan fingerprint density at radius 3 is 2.88 bits per heavy atom. The Hall–Kier alpha value is -1.60. The van der Waals surface area contributed by atoms with Crippen molar-refractivity contribution in [1.82, 2.24) is 5.32 Å². The summed E-state index contributed by atoms with van der Waals surface area (Å²) in [6, 6.07) is 6.60. The van der Waals surface area contributed by atoms with E-state index < -0.39 is 5.82 Å². The predicted octanol–water partition coefficient (Wildman–Crippen LogP) is 1.74. The lowest BCUT2D eigenvalue weighted by Crippen LogP contribution is -2.23. The Morgan fingerprint density at radius 1 is 1.50 bits per heavy atom. The lowest BCUT2D eigenvalue weighted by molar-refractivity contribution is 0.622. The van der Waals surface area contributed by atoms with Gasteiger partial charge in [-0.3, -0.25) is 0 Å². The summed E-state index contributed by atoms with van der Waals surface area (Å²) in [7, 11) is 3.76. The van der Waals surface area contributed by atoms with E-state index in [-0.39, 0.29) is 5.56 Å². The van der Waals surface area contributed by atoms with Crippen molar-refractivity contribution >= 4 is 5.69 Å². The second kappa shape index (κ2) is 6.09. The van der Waals surface area contributed by atoms with Crippen molar-refractivity contribution in [2.75, 3.05) is 32.1 Å². The lowest BCUT2D eigenvalue weighted by Gasteiger charge is -2.20. The molecule has 0 amide bonds. The molecule has 1 rings (SSSR count). The maximum Gasteiger partial charge on any atom is 0.143 e. The van der Waals surface area contributed by atoms with Crippen LogP contribution in [-0.2, 0) is 0 Å². The highest BCUT2D eigenvalue weighted by molar-refractivity contribution is 5.59. The summed E-state index contributed by atoms with van der Waals surface area (Å²) >= 11 is 0. The molecule has 0 unspecified atom stereocenters. The quantitative estimate of drug-likeness (QED) is 0.770. The average Bonchev–Trinajstić information content (AvgIpc) is 2.29. The first-order valence-electron chi connectivity index (χ1n) is 5.25. The fourth-order valence-corrected chi connectivity index (χ4v) is 1.55. The molecular weight excluding hydrogens is 205 g/mol. The van der Waals surface area contributed by atoms with Gasteiger partial charge in [0, 0.05) is 13.6 Å². The zero-order chi connectivity index (χ0) is 12.0. The van der Waals surface area contributed by atoms with Crippen LogP contribution in [0.1, 0.15) is 12.0 Å². The highest BCUT2D eigenvalue weighted by atomic mass is 19.1. The Labute approximate surface area is 95.5 Å². The largest absolute Gasteiger partial charge is 0.373 e. The second-order valence-corrected chi connectivity index (χ2v) is 3.62. The number of benzene rings is 1. The van der Waals surface area contributed by atoms with E-state index in [1.54, 1.807) is 12.1 Å². The standard InChI is InChI=1S/C12H16FN3/c1-15-7-4-8-16(2)12-6-3-5-11(13)10(12)9-14/h3,5-6,15H,4,7-8H2,1-2H3. The molecule has 0 saturated heterocycles. The summed E-state index contributed by atoms with van der Waals surface area (Å²) in [4.78, 5) is 1.90. The van der Waals surface area contributed by atoms with Gasteiger partial charge in [-0.1, -0.05) is 6.07 Å². The van der Waals surface area contributed by atoms with Gasteiger partial charge in [0.1, 0.15) is 17.4 Å². The number of halogens is 1. The van der Waals surface area contributed by atoms with E-state index in [2.05, 4.69) is 5.32 Å². The third kappa shape index (κ3) is 2.94. The number of hydrogen-bond acceptors (Lipinski definition) is 3. The monoisotopic (exact) mass is 221 g/mol. The Bertz CT molecular complexity index is 384. The van der Waals surface area contributed by atoms with Gasteiger partial charge in [-0.15, -0.1) is 0 Å². The van der Waals surface area contributed by atoms with Gasteiger partial charge in [0.25, 0.3) is 0 Å². The number of anilines is 1. The van der Waals surface area contributed by atoms with E-state index in [9.17, 15) is 4.39 Å². The first-order chi connectivity index (χ1) is 7.70. The normalized spacial score (nSPS) is 9.88. The van der Waals surface area contributed by atoms with Crippen LogP contribution in [0.5, 0.6) is 0 Å². The van der Waals surface area contributed by atoms with Crippen molar-refractivity contribution in [3.8, 4) is 6.07 Å². The third-order valence-corrected chi connectivity index (χ3v) is 2.43. The van der Waals surface area contributed by atoms with Gasteiger partial charge < -0.3 is 10.2 Å². The molecule has 0 aliphatic rings. The van der Waals surface area contributed by atoms with Crippen molar-refractivity contribution in [2.24, 2.45) is 0 Å². The molecule has 0 heterocycles. The maximum atomic E-state index is 13.3. The molecule has 1 aromatic carbocycles. The van der Waals surface area contributed by atoms with Crippen molar-refractivity contribution in [2.45, 2.75) is 6.42 Å². The van der Waals surface area contributed by atoms with E-state index in [0.717, 1.165) is 19.5 Å². The minimum atomic E-state index is -0.458. The molecule has 16 heavy (non-hydrogen) atoms. The van der Waals surface area contributed by atoms with E-state index >= 15 is 0 Å². The highest BCUT2D eigenvalue weighted by Crippen LogP contribution is 2.21. The van der Waals surface area contributed by atoms with E-state index in [4.69, 9.17) is 5.26 Å². The van der Waals surface area contributed by atoms with Crippen molar-refractivity contribution < 1.29 is 4.39 Å². The highest BCUT2D eigenvalue weighted by Gasteiger charge is 2.10. The van der Waals surface area contributed by atoms with E-state index in [1.165, 1.54) is 6.07 Å². The second-order valence-electron chi connectivity index (χ2n) is 3.62. The molecule has 4 heteroatoms. The summed E-state index contributed by atoms with van der Waals surface area (Å²) in [5, 5.41) is 11.9. The summed E-state index contributed by atoms with van der Waals surface area (Å²) in [6.45, 7) is 1.69. The minimum absolute atomic E-state index is 0.120. The van der Waals surface area contributed by atoms with Crippen molar-refractivity contribution in [3.05, 3.63) is 29.6 Å². The van der Waals surface area contributed by atoms with Crippen molar-refractivity contribution in [1.29, 1.82) is 5.26 Å². The third-order valence-electron chi connectivity index (χ3n) is 2.43. The van der Waals surface area contributed by atoms with Crippen LogP contribution >= 0.6 is 0 Å². The van der Waals surface area contributed by atoms with Crippen LogP contribution in [-0.4, -0.2) is 27.2 Å². The smallest absolute Gasteiger partial charge is 0.143 e. The lowest BCUT2D eigenvalue weighted by atomic mass is 10.1. The van der Waals surface area contributed by atoms with Crippen LogP contribution in [0.15, 0.2) is 18.2 Å². The zero-order valence-electron chi connectivity index (χ0n) is 9.63.